The molecule has 72 valence electrons. The molecular weight excluding hydrogens is 170 g/mol. The molecule has 1 fully saturated rings. The average Bonchev–Trinajstić information content (AvgIpc) is 2.09. The third kappa shape index (κ3) is 3.32. The molecule has 2 heteroatoms. The SMILES string of the molecule is CC1CCCCN1CCCCCl. The summed E-state index contributed by atoms with van der Waals surface area (Å²) >= 11 is 5.64. The summed E-state index contributed by atoms with van der Waals surface area (Å²) in [7, 11) is 0. The normalized spacial score (nSPS) is 26.0. The summed E-state index contributed by atoms with van der Waals surface area (Å²) in [4.78, 5) is 2.61. The highest BCUT2D eigenvalue weighted by molar-refractivity contribution is 6.17. The summed E-state index contributed by atoms with van der Waals surface area (Å²) in [5.41, 5.74) is 0. The Kier molecular flexibility index (Phi) is 5.01. The fourth-order valence-corrected chi connectivity index (χ4v) is 2.09. The van der Waals surface area contributed by atoms with E-state index in [2.05, 4.69) is 11.8 Å². The Labute approximate surface area is 81.1 Å². The molecule has 1 heterocycles. The number of halogens is 1. The van der Waals surface area contributed by atoms with Crippen LogP contribution in [0.25, 0.3) is 0 Å². The van der Waals surface area contributed by atoms with Gasteiger partial charge >= 0.3 is 0 Å². The smallest absolute Gasteiger partial charge is 0.0223 e. The molecule has 0 spiro atoms. The van der Waals surface area contributed by atoms with Gasteiger partial charge in [0.15, 0.2) is 0 Å². The molecule has 1 unspecified atom stereocenters. The monoisotopic (exact) mass is 189 g/mol. The molecule has 0 amide bonds. The van der Waals surface area contributed by atoms with Crippen LogP contribution in [0.4, 0.5) is 0 Å². The maximum Gasteiger partial charge on any atom is 0.0223 e. The number of hydrogen-bond acceptors (Lipinski definition) is 1. The summed E-state index contributed by atoms with van der Waals surface area (Å²) in [6, 6.07) is 0.814. The van der Waals surface area contributed by atoms with Crippen molar-refractivity contribution in [2.75, 3.05) is 19.0 Å². The second-order valence-corrected chi connectivity index (χ2v) is 4.15. The van der Waals surface area contributed by atoms with E-state index in [1.807, 2.05) is 0 Å². The van der Waals surface area contributed by atoms with Crippen molar-refractivity contribution in [2.45, 2.75) is 45.1 Å². The summed E-state index contributed by atoms with van der Waals surface area (Å²) in [6.45, 7) is 4.91. The van der Waals surface area contributed by atoms with Gasteiger partial charge in [-0.3, -0.25) is 0 Å². The summed E-state index contributed by atoms with van der Waals surface area (Å²) < 4.78 is 0. The highest BCUT2D eigenvalue weighted by atomic mass is 35.5. The predicted octanol–water partition coefficient (Wildman–Crippen LogP) is 2.88. The summed E-state index contributed by atoms with van der Waals surface area (Å²) in [5, 5.41) is 0. The van der Waals surface area contributed by atoms with Gasteiger partial charge in [-0.05, 0) is 45.7 Å². The Morgan fingerprint density at radius 2 is 2.17 bits per heavy atom. The van der Waals surface area contributed by atoms with E-state index >= 15 is 0 Å². The number of likely N-dealkylation sites (tertiary alicyclic amines) is 1. The van der Waals surface area contributed by atoms with Crippen molar-refractivity contribution in [2.24, 2.45) is 0 Å². The van der Waals surface area contributed by atoms with Crippen LogP contribution in [-0.4, -0.2) is 29.9 Å². The van der Waals surface area contributed by atoms with E-state index in [0.29, 0.717) is 0 Å². The molecule has 1 aliphatic heterocycles. The number of rotatable bonds is 4. The number of nitrogens with zero attached hydrogens (tertiary/aromatic N) is 1. The first kappa shape index (κ1) is 10.3. The van der Waals surface area contributed by atoms with E-state index in [9.17, 15) is 0 Å². The fraction of sp³-hybridized carbons (Fsp3) is 1.00. The van der Waals surface area contributed by atoms with Crippen molar-refractivity contribution in [1.29, 1.82) is 0 Å². The quantitative estimate of drug-likeness (QED) is 0.486. The molecule has 0 aliphatic carbocycles. The lowest BCUT2D eigenvalue weighted by Crippen LogP contribution is -2.37. The Morgan fingerprint density at radius 1 is 1.33 bits per heavy atom. The molecule has 0 radical (unpaired) electrons. The lowest BCUT2D eigenvalue weighted by Gasteiger charge is -2.33. The van der Waals surface area contributed by atoms with Gasteiger partial charge in [0, 0.05) is 11.9 Å². The van der Waals surface area contributed by atoms with Crippen LogP contribution in [-0.2, 0) is 0 Å². The summed E-state index contributed by atoms with van der Waals surface area (Å²) in [5.74, 6) is 0.822. The third-order valence-electron chi connectivity index (χ3n) is 2.77. The van der Waals surface area contributed by atoms with Gasteiger partial charge in [0.05, 0.1) is 0 Å². The zero-order valence-electron chi connectivity index (χ0n) is 8.06. The largest absolute Gasteiger partial charge is 0.301 e. The minimum Gasteiger partial charge on any atom is -0.301 e. The Bertz CT molecular complexity index is 116. The van der Waals surface area contributed by atoms with Gasteiger partial charge in [0.25, 0.3) is 0 Å². The van der Waals surface area contributed by atoms with E-state index in [1.165, 1.54) is 45.2 Å². The van der Waals surface area contributed by atoms with Crippen LogP contribution in [0.1, 0.15) is 39.0 Å². The first-order chi connectivity index (χ1) is 5.84. The zero-order valence-corrected chi connectivity index (χ0v) is 8.82. The molecule has 0 aromatic carbocycles. The first-order valence-electron chi connectivity index (χ1n) is 5.14. The molecule has 1 rings (SSSR count). The number of unbranched alkanes of at least 4 members (excludes halogenated alkanes) is 1. The number of piperidine rings is 1. The van der Waals surface area contributed by atoms with Crippen LogP contribution < -0.4 is 0 Å². The Morgan fingerprint density at radius 3 is 2.83 bits per heavy atom. The minimum absolute atomic E-state index is 0.814. The van der Waals surface area contributed by atoms with Gasteiger partial charge in [-0.25, -0.2) is 0 Å². The Hall–Kier alpha value is 0.250. The molecule has 1 saturated heterocycles. The van der Waals surface area contributed by atoms with Gasteiger partial charge in [-0.1, -0.05) is 6.42 Å². The van der Waals surface area contributed by atoms with Crippen molar-refractivity contribution in [3.05, 3.63) is 0 Å². The average molecular weight is 190 g/mol. The van der Waals surface area contributed by atoms with Crippen LogP contribution in [0.2, 0.25) is 0 Å². The van der Waals surface area contributed by atoms with E-state index in [0.717, 1.165) is 11.9 Å². The van der Waals surface area contributed by atoms with Gasteiger partial charge < -0.3 is 4.90 Å². The standard InChI is InChI=1S/C10H20ClN/c1-10-6-2-4-8-12(10)9-5-3-7-11/h10H,2-9H2,1H3. The first-order valence-corrected chi connectivity index (χ1v) is 5.68. The lowest BCUT2D eigenvalue weighted by molar-refractivity contribution is 0.159. The molecule has 1 aliphatic rings. The predicted molar refractivity (Wildman–Crippen MR) is 54.8 cm³/mol. The maximum atomic E-state index is 5.64. The Balaban J connectivity index is 2.11. The molecule has 0 aromatic rings. The zero-order chi connectivity index (χ0) is 8.81. The molecule has 0 N–H and O–H groups in total. The number of alkyl halides is 1. The third-order valence-corrected chi connectivity index (χ3v) is 3.04. The van der Waals surface area contributed by atoms with Crippen LogP contribution in [0.15, 0.2) is 0 Å². The van der Waals surface area contributed by atoms with Crippen LogP contribution >= 0.6 is 11.6 Å². The van der Waals surface area contributed by atoms with Crippen molar-refractivity contribution in [3.8, 4) is 0 Å². The van der Waals surface area contributed by atoms with E-state index in [1.54, 1.807) is 0 Å². The molecule has 1 atom stereocenters. The molecule has 0 bridgehead atoms. The molecule has 1 nitrogen and oxygen atoms in total. The van der Waals surface area contributed by atoms with Gasteiger partial charge in [0.1, 0.15) is 0 Å². The van der Waals surface area contributed by atoms with E-state index in [-0.39, 0.29) is 0 Å². The topological polar surface area (TPSA) is 3.24 Å². The fourth-order valence-electron chi connectivity index (χ4n) is 1.90. The number of hydrogen-bond donors (Lipinski definition) is 0. The summed E-state index contributed by atoms with van der Waals surface area (Å²) in [6.07, 6.45) is 6.65. The van der Waals surface area contributed by atoms with Crippen molar-refractivity contribution < 1.29 is 0 Å². The molecule has 12 heavy (non-hydrogen) atoms. The minimum atomic E-state index is 0.814. The molecule has 0 aromatic heterocycles. The van der Waals surface area contributed by atoms with Gasteiger partial charge in [-0.15, -0.1) is 11.6 Å². The second-order valence-electron chi connectivity index (χ2n) is 3.78. The van der Waals surface area contributed by atoms with E-state index < -0.39 is 0 Å². The van der Waals surface area contributed by atoms with Gasteiger partial charge in [0.2, 0.25) is 0 Å². The highest BCUT2D eigenvalue weighted by Crippen LogP contribution is 2.16. The van der Waals surface area contributed by atoms with Crippen LogP contribution in [0, 0.1) is 0 Å². The van der Waals surface area contributed by atoms with E-state index in [4.69, 9.17) is 11.6 Å². The van der Waals surface area contributed by atoms with Crippen molar-refractivity contribution in [3.63, 3.8) is 0 Å². The second kappa shape index (κ2) is 5.82. The van der Waals surface area contributed by atoms with Crippen molar-refractivity contribution >= 4 is 11.6 Å². The van der Waals surface area contributed by atoms with Crippen molar-refractivity contribution in [1.82, 2.24) is 4.90 Å². The molecule has 0 saturated carbocycles. The van der Waals surface area contributed by atoms with Crippen LogP contribution in [0.5, 0.6) is 0 Å². The van der Waals surface area contributed by atoms with Crippen LogP contribution in [0.3, 0.4) is 0 Å². The lowest BCUT2D eigenvalue weighted by atomic mass is 10.0. The maximum absolute atomic E-state index is 5.64. The highest BCUT2D eigenvalue weighted by Gasteiger charge is 2.16. The van der Waals surface area contributed by atoms with Gasteiger partial charge in [-0.2, -0.15) is 0 Å². The molecular formula is C10H20ClN.